The average Bonchev–Trinajstić information content (AvgIpc) is 1.86. The van der Waals surface area contributed by atoms with Gasteiger partial charge in [0.1, 0.15) is 0 Å². The molecule has 3 nitrogen and oxygen atoms in total. The fourth-order valence-electron chi connectivity index (χ4n) is 0.469. The average molecular weight is 168 g/mol. The Hall–Kier alpha value is -0.710. The molecule has 11 heavy (non-hydrogen) atoms. The van der Waals surface area contributed by atoms with E-state index in [0.717, 1.165) is 0 Å². The molecule has 0 saturated carbocycles. The highest BCUT2D eigenvalue weighted by molar-refractivity contribution is 5.74. The molecule has 0 amide bonds. The first-order valence-electron chi connectivity index (χ1n) is 3.18. The lowest BCUT2D eigenvalue weighted by Crippen LogP contribution is -2.25. The quantitative estimate of drug-likeness (QED) is 0.591. The summed E-state index contributed by atoms with van der Waals surface area (Å²) in [4.78, 5) is 10.6. The molecule has 5 heteroatoms. The molecule has 0 fully saturated rings. The Bertz CT molecular complexity index is 127. The van der Waals surface area contributed by atoms with Crippen molar-refractivity contribution in [3.8, 4) is 0 Å². The maximum absolute atomic E-state index is 11.5. The van der Waals surface area contributed by atoms with Crippen molar-refractivity contribution in [3.05, 3.63) is 0 Å². The fraction of sp³-hybridized carbons (Fsp3) is 0.833. The number of hydrogen-bond acceptors (Lipinski definition) is 3. The van der Waals surface area contributed by atoms with Gasteiger partial charge in [0, 0.05) is 0 Å². The van der Waals surface area contributed by atoms with Crippen molar-refractivity contribution in [3.63, 3.8) is 0 Å². The molecule has 0 radical (unpaired) electrons. The Kier molecular flexibility index (Phi) is 4.69. The van der Waals surface area contributed by atoms with Gasteiger partial charge in [-0.05, 0) is 13.8 Å². The highest BCUT2D eigenvalue weighted by Gasteiger charge is 2.18. The van der Waals surface area contributed by atoms with Crippen molar-refractivity contribution in [2.75, 3.05) is 6.61 Å². The van der Waals surface area contributed by atoms with Crippen LogP contribution in [0.4, 0.5) is 8.78 Å². The lowest BCUT2D eigenvalue weighted by atomic mass is 10.4. The first kappa shape index (κ1) is 10.3. The number of carbonyl (C=O) groups is 1. The standard InChI is InChI=1S/C6H10F2O3/c1-3-10-5(9)4(2)11-6(7)8/h4,6H,3H2,1-2H3. The van der Waals surface area contributed by atoms with Gasteiger partial charge in [0.2, 0.25) is 0 Å². The molecule has 0 heterocycles. The largest absolute Gasteiger partial charge is 0.464 e. The van der Waals surface area contributed by atoms with Crippen molar-refractivity contribution in [2.45, 2.75) is 26.6 Å². The minimum atomic E-state index is -2.94. The van der Waals surface area contributed by atoms with E-state index in [1.807, 2.05) is 0 Å². The topological polar surface area (TPSA) is 35.5 Å². The van der Waals surface area contributed by atoms with E-state index in [4.69, 9.17) is 0 Å². The van der Waals surface area contributed by atoms with Crippen LogP contribution in [-0.4, -0.2) is 25.3 Å². The molecule has 0 saturated heterocycles. The zero-order valence-electron chi connectivity index (χ0n) is 6.34. The zero-order valence-corrected chi connectivity index (χ0v) is 6.34. The summed E-state index contributed by atoms with van der Waals surface area (Å²) in [6.07, 6.45) is -1.20. The summed E-state index contributed by atoms with van der Waals surface area (Å²) < 4.78 is 31.2. The van der Waals surface area contributed by atoms with E-state index >= 15 is 0 Å². The number of carbonyl (C=O) groups excluding carboxylic acids is 1. The summed E-state index contributed by atoms with van der Waals surface area (Å²) in [6, 6.07) is 0. The second kappa shape index (κ2) is 5.01. The molecule has 0 aliphatic heterocycles. The molecule has 0 N–H and O–H groups in total. The second-order valence-corrected chi connectivity index (χ2v) is 1.79. The van der Waals surface area contributed by atoms with Gasteiger partial charge in [-0.15, -0.1) is 0 Å². The Morgan fingerprint density at radius 3 is 2.45 bits per heavy atom. The molecule has 0 aliphatic rings. The van der Waals surface area contributed by atoms with Crippen molar-refractivity contribution < 1.29 is 23.0 Å². The molecule has 66 valence electrons. The summed E-state index contributed by atoms with van der Waals surface area (Å²) in [6.45, 7) is 0.0295. The molecule has 1 unspecified atom stereocenters. The minimum Gasteiger partial charge on any atom is -0.464 e. The van der Waals surface area contributed by atoms with E-state index in [1.165, 1.54) is 6.92 Å². The third kappa shape index (κ3) is 4.66. The Morgan fingerprint density at radius 1 is 1.55 bits per heavy atom. The third-order valence-electron chi connectivity index (χ3n) is 0.926. The van der Waals surface area contributed by atoms with Crippen LogP contribution < -0.4 is 0 Å². The van der Waals surface area contributed by atoms with E-state index in [9.17, 15) is 13.6 Å². The van der Waals surface area contributed by atoms with Gasteiger partial charge in [-0.3, -0.25) is 0 Å². The van der Waals surface area contributed by atoms with Crippen LogP contribution in [0.1, 0.15) is 13.8 Å². The zero-order chi connectivity index (χ0) is 8.85. The van der Waals surface area contributed by atoms with Crippen LogP contribution >= 0.6 is 0 Å². The molecule has 0 aromatic carbocycles. The molecule has 0 aromatic rings. The highest BCUT2D eigenvalue weighted by atomic mass is 19.3. The van der Waals surface area contributed by atoms with Gasteiger partial charge >= 0.3 is 12.6 Å². The summed E-state index contributed by atoms with van der Waals surface area (Å²) >= 11 is 0. The van der Waals surface area contributed by atoms with Crippen molar-refractivity contribution in [1.82, 2.24) is 0 Å². The molecule has 0 rings (SSSR count). The van der Waals surface area contributed by atoms with Crippen LogP contribution in [0.3, 0.4) is 0 Å². The van der Waals surface area contributed by atoms with Crippen LogP contribution in [-0.2, 0) is 14.3 Å². The number of hydrogen-bond donors (Lipinski definition) is 0. The van der Waals surface area contributed by atoms with E-state index < -0.39 is 18.7 Å². The normalized spacial score (nSPS) is 13.2. The summed E-state index contributed by atoms with van der Waals surface area (Å²) in [5.74, 6) is -0.771. The van der Waals surface area contributed by atoms with Crippen LogP contribution in [0, 0.1) is 0 Å². The Morgan fingerprint density at radius 2 is 2.09 bits per heavy atom. The van der Waals surface area contributed by atoms with Gasteiger partial charge in [-0.1, -0.05) is 0 Å². The first-order chi connectivity index (χ1) is 5.07. The summed E-state index contributed by atoms with van der Waals surface area (Å²) in [5.41, 5.74) is 0. The molecular weight excluding hydrogens is 158 g/mol. The van der Waals surface area contributed by atoms with Crippen molar-refractivity contribution in [2.24, 2.45) is 0 Å². The monoisotopic (exact) mass is 168 g/mol. The first-order valence-corrected chi connectivity index (χ1v) is 3.18. The fourth-order valence-corrected chi connectivity index (χ4v) is 0.469. The Balaban J connectivity index is 3.64. The molecule has 0 aromatic heterocycles. The SMILES string of the molecule is CCOC(=O)C(C)OC(F)F. The lowest BCUT2D eigenvalue weighted by Gasteiger charge is -2.09. The predicted molar refractivity (Wildman–Crippen MR) is 33.2 cm³/mol. The van der Waals surface area contributed by atoms with Crippen molar-refractivity contribution in [1.29, 1.82) is 0 Å². The number of alkyl halides is 2. The second-order valence-electron chi connectivity index (χ2n) is 1.79. The number of ether oxygens (including phenoxy) is 2. The Labute approximate surface area is 63.3 Å². The maximum atomic E-state index is 11.5. The summed E-state index contributed by atoms with van der Waals surface area (Å²) in [7, 11) is 0. The number of esters is 1. The molecule has 0 aliphatic carbocycles. The lowest BCUT2D eigenvalue weighted by molar-refractivity contribution is -0.187. The van der Waals surface area contributed by atoms with Crippen LogP contribution in [0.15, 0.2) is 0 Å². The smallest absolute Gasteiger partial charge is 0.346 e. The molecule has 1 atom stereocenters. The van der Waals surface area contributed by atoms with Crippen LogP contribution in [0.2, 0.25) is 0 Å². The predicted octanol–water partition coefficient (Wildman–Crippen LogP) is 1.18. The van der Waals surface area contributed by atoms with Gasteiger partial charge in [-0.25, -0.2) is 4.79 Å². The number of halogens is 2. The summed E-state index contributed by atoms with van der Waals surface area (Å²) in [5, 5.41) is 0. The minimum absolute atomic E-state index is 0.162. The van der Waals surface area contributed by atoms with E-state index in [0.29, 0.717) is 0 Å². The van der Waals surface area contributed by atoms with E-state index in [1.54, 1.807) is 6.92 Å². The highest BCUT2D eigenvalue weighted by Crippen LogP contribution is 2.02. The van der Waals surface area contributed by atoms with Gasteiger partial charge in [-0.2, -0.15) is 8.78 Å². The van der Waals surface area contributed by atoms with Crippen LogP contribution in [0.25, 0.3) is 0 Å². The van der Waals surface area contributed by atoms with Gasteiger partial charge < -0.3 is 9.47 Å². The van der Waals surface area contributed by atoms with Crippen LogP contribution in [0.5, 0.6) is 0 Å². The van der Waals surface area contributed by atoms with Gasteiger partial charge in [0.25, 0.3) is 0 Å². The van der Waals surface area contributed by atoms with Crippen molar-refractivity contribution >= 4 is 5.97 Å². The van der Waals surface area contributed by atoms with E-state index in [-0.39, 0.29) is 6.61 Å². The number of rotatable bonds is 4. The van der Waals surface area contributed by atoms with Gasteiger partial charge in [0.15, 0.2) is 6.10 Å². The molecule has 0 bridgehead atoms. The van der Waals surface area contributed by atoms with Gasteiger partial charge in [0.05, 0.1) is 6.61 Å². The molecular formula is C6H10F2O3. The maximum Gasteiger partial charge on any atom is 0.346 e. The van der Waals surface area contributed by atoms with E-state index in [2.05, 4.69) is 9.47 Å². The third-order valence-corrected chi connectivity index (χ3v) is 0.926. The molecule has 0 spiro atoms.